The van der Waals surface area contributed by atoms with Crippen LogP contribution in [0.2, 0.25) is 0 Å². The quantitative estimate of drug-likeness (QED) is 0.0261. The van der Waals surface area contributed by atoms with E-state index in [1.165, 1.54) is 231 Å². The van der Waals surface area contributed by atoms with Gasteiger partial charge in [-0.05, 0) is 44.9 Å². The van der Waals surface area contributed by atoms with E-state index in [4.69, 9.17) is 14.2 Å². The summed E-state index contributed by atoms with van der Waals surface area (Å²) < 4.78 is 16.9. The summed E-state index contributed by atoms with van der Waals surface area (Å²) in [7, 11) is 0. The number of carbonyl (C=O) groups is 3. The van der Waals surface area contributed by atoms with E-state index in [0.717, 1.165) is 64.2 Å². The van der Waals surface area contributed by atoms with Crippen LogP contribution in [-0.2, 0) is 28.6 Å². The average molecular weight is 1020 g/mol. The van der Waals surface area contributed by atoms with Gasteiger partial charge in [0.05, 0.1) is 0 Å². The van der Waals surface area contributed by atoms with Crippen LogP contribution in [0, 0.1) is 0 Å². The van der Waals surface area contributed by atoms with E-state index in [-0.39, 0.29) is 37.5 Å². The summed E-state index contributed by atoms with van der Waals surface area (Å²) in [4.78, 5) is 38.2. The lowest BCUT2D eigenvalue weighted by atomic mass is 10.0. The van der Waals surface area contributed by atoms with Gasteiger partial charge in [-0.1, -0.05) is 326 Å². The fourth-order valence-corrected chi connectivity index (χ4v) is 9.58. The van der Waals surface area contributed by atoms with Crippen LogP contribution in [0.4, 0.5) is 0 Å². The number of rotatable bonds is 59. The Kier molecular flexibility index (Phi) is 59.7. The fourth-order valence-electron chi connectivity index (χ4n) is 9.58. The minimum Gasteiger partial charge on any atom is -0.462 e. The molecule has 0 bridgehead atoms. The van der Waals surface area contributed by atoms with Crippen molar-refractivity contribution >= 4 is 17.9 Å². The van der Waals surface area contributed by atoms with Crippen LogP contribution in [0.1, 0.15) is 342 Å². The van der Waals surface area contributed by atoms with Crippen LogP contribution >= 0.6 is 0 Å². The normalized spacial score (nSPS) is 12.3. The molecule has 0 saturated carbocycles. The molecule has 0 aliphatic carbocycles. The van der Waals surface area contributed by atoms with Crippen molar-refractivity contribution in [1.82, 2.24) is 0 Å². The molecule has 0 aromatic heterocycles. The van der Waals surface area contributed by atoms with Gasteiger partial charge in [0.2, 0.25) is 0 Å². The molecule has 0 radical (unpaired) electrons. The van der Waals surface area contributed by atoms with Gasteiger partial charge in [0.25, 0.3) is 0 Å². The van der Waals surface area contributed by atoms with E-state index in [1.807, 2.05) is 6.08 Å². The maximum Gasteiger partial charge on any atom is 0.306 e. The lowest BCUT2D eigenvalue weighted by Gasteiger charge is -2.18. The summed E-state index contributed by atoms with van der Waals surface area (Å²) in [5.74, 6) is -0.953. The average Bonchev–Trinajstić information content (AvgIpc) is 3.39. The van der Waals surface area contributed by atoms with Gasteiger partial charge in [-0.3, -0.25) is 14.4 Å². The van der Waals surface area contributed by atoms with E-state index in [9.17, 15) is 14.4 Å². The number of esters is 3. The van der Waals surface area contributed by atoms with Gasteiger partial charge in [-0.2, -0.15) is 0 Å². The largest absolute Gasteiger partial charge is 0.462 e. The maximum atomic E-state index is 12.9. The third-order valence-electron chi connectivity index (χ3n) is 14.4. The number of hydrogen-bond donors (Lipinski definition) is 0. The molecule has 0 heterocycles. The standard InChI is InChI=1S/C67H122O6/c1-4-7-10-13-16-19-22-25-27-29-30-31-32-33-34-35-36-38-39-42-45-48-51-54-57-60-66(69)72-63-64(62-71-65(68)59-56-53-50-47-44-41-24-21-18-15-12-9-6-3)73-67(70)61-58-55-52-49-46-43-40-37-28-26-23-20-17-14-11-8-5-2/h9,12,18,21,41,44,50,53,64H,4-8,10-11,13-17,19-20,22-40,42-43,45-49,51-52,54-63H2,1-3H3/b12-9-,21-18-,44-41-,53-50-. The Morgan fingerprint density at radius 2 is 0.534 bits per heavy atom. The predicted octanol–water partition coefficient (Wildman–Crippen LogP) is 21.8. The van der Waals surface area contributed by atoms with Crippen molar-refractivity contribution in [1.29, 1.82) is 0 Å². The maximum absolute atomic E-state index is 12.9. The molecule has 0 aliphatic heterocycles. The van der Waals surface area contributed by atoms with Crippen molar-refractivity contribution in [2.24, 2.45) is 0 Å². The van der Waals surface area contributed by atoms with Crippen LogP contribution in [0.3, 0.4) is 0 Å². The van der Waals surface area contributed by atoms with Gasteiger partial charge in [0, 0.05) is 19.3 Å². The van der Waals surface area contributed by atoms with Gasteiger partial charge < -0.3 is 14.2 Å². The molecular formula is C67H122O6. The second kappa shape index (κ2) is 61.9. The van der Waals surface area contributed by atoms with Crippen molar-refractivity contribution in [2.45, 2.75) is 348 Å². The van der Waals surface area contributed by atoms with Crippen LogP contribution < -0.4 is 0 Å². The van der Waals surface area contributed by atoms with Crippen molar-refractivity contribution in [2.75, 3.05) is 13.2 Å². The highest BCUT2D eigenvalue weighted by Gasteiger charge is 2.19. The second-order valence-electron chi connectivity index (χ2n) is 21.7. The molecule has 0 spiro atoms. The number of allylic oxidation sites excluding steroid dienone is 8. The lowest BCUT2D eigenvalue weighted by molar-refractivity contribution is -0.166. The van der Waals surface area contributed by atoms with Crippen molar-refractivity contribution in [3.8, 4) is 0 Å². The van der Waals surface area contributed by atoms with E-state index >= 15 is 0 Å². The molecule has 426 valence electrons. The predicted molar refractivity (Wildman–Crippen MR) is 316 cm³/mol. The molecule has 0 aliphatic rings. The number of carbonyl (C=O) groups excluding carboxylic acids is 3. The highest BCUT2D eigenvalue weighted by Crippen LogP contribution is 2.18. The summed E-state index contributed by atoms with van der Waals surface area (Å²) in [5, 5.41) is 0. The molecule has 1 unspecified atom stereocenters. The smallest absolute Gasteiger partial charge is 0.306 e. The Morgan fingerprint density at radius 3 is 0.836 bits per heavy atom. The van der Waals surface area contributed by atoms with Crippen LogP contribution in [0.15, 0.2) is 48.6 Å². The summed E-state index contributed by atoms with van der Waals surface area (Å²) >= 11 is 0. The van der Waals surface area contributed by atoms with E-state index in [1.54, 1.807) is 0 Å². The first kappa shape index (κ1) is 70.4. The summed E-state index contributed by atoms with van der Waals surface area (Å²) in [6.07, 6.45) is 77.2. The Hall–Kier alpha value is -2.63. The molecule has 0 aromatic rings. The zero-order valence-electron chi connectivity index (χ0n) is 48.9. The molecule has 0 aromatic carbocycles. The summed E-state index contributed by atoms with van der Waals surface area (Å²) in [6, 6.07) is 0. The first-order chi connectivity index (χ1) is 36.0. The van der Waals surface area contributed by atoms with Crippen LogP contribution in [0.25, 0.3) is 0 Å². The number of ether oxygens (including phenoxy) is 3. The Labute approximate surface area is 454 Å². The van der Waals surface area contributed by atoms with E-state index in [0.29, 0.717) is 19.3 Å². The molecule has 6 nitrogen and oxygen atoms in total. The molecule has 0 amide bonds. The van der Waals surface area contributed by atoms with Crippen molar-refractivity contribution in [3.05, 3.63) is 48.6 Å². The first-order valence-corrected chi connectivity index (χ1v) is 32.1. The molecule has 0 fully saturated rings. The van der Waals surface area contributed by atoms with Crippen LogP contribution in [0.5, 0.6) is 0 Å². The highest BCUT2D eigenvalue weighted by molar-refractivity contribution is 5.71. The van der Waals surface area contributed by atoms with E-state index < -0.39 is 6.10 Å². The summed E-state index contributed by atoms with van der Waals surface area (Å²) in [6.45, 7) is 6.52. The molecule has 6 heteroatoms. The minimum atomic E-state index is -0.798. The van der Waals surface area contributed by atoms with Gasteiger partial charge >= 0.3 is 17.9 Å². The number of hydrogen-bond acceptors (Lipinski definition) is 6. The Balaban J connectivity index is 4.26. The molecule has 1 atom stereocenters. The van der Waals surface area contributed by atoms with Crippen LogP contribution in [-0.4, -0.2) is 37.2 Å². The summed E-state index contributed by atoms with van der Waals surface area (Å²) in [5.41, 5.74) is 0. The first-order valence-electron chi connectivity index (χ1n) is 32.1. The third-order valence-corrected chi connectivity index (χ3v) is 14.4. The zero-order chi connectivity index (χ0) is 52.9. The second-order valence-corrected chi connectivity index (χ2v) is 21.7. The molecule has 73 heavy (non-hydrogen) atoms. The molecule has 0 rings (SSSR count). The number of unbranched alkanes of at least 4 members (excludes halogenated alkanes) is 40. The SMILES string of the molecule is CC/C=C\C/C=C\C/C=C\C/C=C\CCC(=O)OCC(COC(=O)CCCCCCCCCCCCCCCCCCCCCCCCCCC)OC(=O)CCCCCCCCCCCCCCCCCCC. The molecule has 0 N–H and O–H groups in total. The molecular weight excluding hydrogens is 901 g/mol. The highest BCUT2D eigenvalue weighted by atomic mass is 16.6. The van der Waals surface area contributed by atoms with E-state index in [2.05, 4.69) is 63.3 Å². The minimum absolute atomic E-state index is 0.0901. The third kappa shape index (κ3) is 60.1. The Morgan fingerprint density at radius 1 is 0.288 bits per heavy atom. The molecule has 0 saturated heterocycles. The Bertz CT molecular complexity index is 1270. The monoisotopic (exact) mass is 1020 g/mol. The van der Waals surface area contributed by atoms with Gasteiger partial charge in [-0.25, -0.2) is 0 Å². The van der Waals surface area contributed by atoms with Crippen molar-refractivity contribution < 1.29 is 28.6 Å². The lowest BCUT2D eigenvalue weighted by Crippen LogP contribution is -2.30. The van der Waals surface area contributed by atoms with Crippen molar-refractivity contribution in [3.63, 3.8) is 0 Å². The topological polar surface area (TPSA) is 78.9 Å². The zero-order valence-corrected chi connectivity index (χ0v) is 48.9. The van der Waals surface area contributed by atoms with Gasteiger partial charge in [-0.15, -0.1) is 0 Å². The fraction of sp³-hybridized carbons (Fsp3) is 0.836. The van der Waals surface area contributed by atoms with Gasteiger partial charge in [0.1, 0.15) is 13.2 Å². The van der Waals surface area contributed by atoms with Gasteiger partial charge in [0.15, 0.2) is 6.10 Å².